The first-order chi connectivity index (χ1) is 23.5. The van der Waals surface area contributed by atoms with Crippen molar-refractivity contribution in [1.82, 2.24) is 9.71 Å². The highest BCUT2D eigenvalue weighted by Crippen LogP contribution is 2.76. The van der Waals surface area contributed by atoms with Gasteiger partial charge in [-0.25, -0.2) is 17.9 Å². The largest absolute Gasteiger partial charge is 0.465 e. The molecule has 0 aliphatic heterocycles. The molecule has 270 valence electrons. The van der Waals surface area contributed by atoms with Gasteiger partial charge in [-0.1, -0.05) is 71.0 Å². The van der Waals surface area contributed by atoms with Crippen LogP contribution in [0.15, 0.2) is 66.9 Å². The molecule has 1 heterocycles. The van der Waals surface area contributed by atoms with Crippen LogP contribution in [0.25, 0.3) is 5.57 Å². The highest BCUT2D eigenvalue weighted by Gasteiger charge is 2.70. The molecule has 7 rings (SSSR count). The molecule has 1 aromatic carbocycles. The van der Waals surface area contributed by atoms with E-state index in [0.29, 0.717) is 34.9 Å². The summed E-state index contributed by atoms with van der Waals surface area (Å²) in [4.78, 5) is 16.5. The molecular formula is C43H58N2O4S. The van der Waals surface area contributed by atoms with Gasteiger partial charge in [-0.15, -0.1) is 0 Å². The Labute approximate surface area is 301 Å². The van der Waals surface area contributed by atoms with Crippen LogP contribution in [0.3, 0.4) is 0 Å². The number of allylic oxidation sites excluding steroid dienone is 3. The number of aromatic nitrogens is 1. The van der Waals surface area contributed by atoms with Crippen molar-refractivity contribution in [2.24, 2.45) is 51.2 Å². The molecule has 0 unspecified atom stereocenters. The summed E-state index contributed by atoms with van der Waals surface area (Å²) in [6.45, 7) is 19.4. The fourth-order valence-corrected chi connectivity index (χ4v) is 14.9. The third-order valence-corrected chi connectivity index (χ3v) is 17.1. The number of hydrogen-bond donors (Lipinski definition) is 1. The van der Waals surface area contributed by atoms with E-state index < -0.39 is 15.6 Å². The Bertz CT molecular complexity index is 1800. The van der Waals surface area contributed by atoms with E-state index in [1.54, 1.807) is 6.20 Å². The quantitative estimate of drug-likeness (QED) is 0.230. The Kier molecular flexibility index (Phi) is 8.66. The first kappa shape index (κ1) is 35.6. The van der Waals surface area contributed by atoms with Crippen LogP contribution in [0.5, 0.6) is 0 Å². The number of nitrogens with zero attached hydrogens (tertiary/aromatic N) is 1. The SMILES string of the molecule is C=C(C)[C@@H]1CC[C@]2(NS(=O)(=O)Cc3ccccn3)CC[C@]3(C)[C@H](CC[C@@H]4[C@@]5(C)CC=C(c6ccc(C(=O)OC)cc6)C(C)(C)[C@@H]5CC[C@]43C)[C@@H]12. The first-order valence-corrected chi connectivity index (χ1v) is 20.6. The average Bonchev–Trinajstić information content (AvgIpc) is 3.44. The number of hydrogen-bond acceptors (Lipinski definition) is 5. The lowest BCUT2D eigenvalue weighted by molar-refractivity contribution is -0.218. The number of nitrogens with one attached hydrogen (secondary N) is 1. The molecular weight excluding hydrogens is 641 g/mol. The molecule has 4 fully saturated rings. The predicted octanol–water partition coefficient (Wildman–Crippen LogP) is 9.39. The lowest BCUT2D eigenvalue weighted by Gasteiger charge is -2.72. The summed E-state index contributed by atoms with van der Waals surface area (Å²) < 4.78 is 36.1. The molecule has 0 bridgehead atoms. The number of methoxy groups -OCH3 is 1. The summed E-state index contributed by atoms with van der Waals surface area (Å²) in [6.07, 6.45) is 13.8. The lowest BCUT2D eigenvalue weighted by atomic mass is 9.33. The summed E-state index contributed by atoms with van der Waals surface area (Å²) in [6, 6.07) is 13.5. The van der Waals surface area contributed by atoms with E-state index in [9.17, 15) is 13.2 Å². The second-order valence-corrected chi connectivity index (χ2v) is 19.9. The maximum absolute atomic E-state index is 13.9. The minimum Gasteiger partial charge on any atom is -0.465 e. The predicted molar refractivity (Wildman–Crippen MR) is 200 cm³/mol. The van der Waals surface area contributed by atoms with E-state index >= 15 is 0 Å². The summed E-state index contributed by atoms with van der Waals surface area (Å²) in [7, 11) is -2.16. The van der Waals surface area contributed by atoms with Gasteiger partial charge in [-0.2, -0.15) is 0 Å². The van der Waals surface area contributed by atoms with Gasteiger partial charge in [-0.05, 0) is 151 Å². The number of carbonyl (C=O) groups is 1. The number of esters is 1. The molecule has 50 heavy (non-hydrogen) atoms. The minimum absolute atomic E-state index is 0.0109. The van der Waals surface area contributed by atoms with Crippen molar-refractivity contribution in [3.63, 3.8) is 0 Å². The maximum atomic E-state index is 13.9. The molecule has 0 radical (unpaired) electrons. The van der Waals surface area contributed by atoms with E-state index in [1.165, 1.54) is 43.1 Å². The van der Waals surface area contributed by atoms with Gasteiger partial charge >= 0.3 is 5.97 Å². The minimum atomic E-state index is -3.59. The Morgan fingerprint density at radius 1 is 0.920 bits per heavy atom. The average molecular weight is 699 g/mol. The third-order valence-electron chi connectivity index (χ3n) is 15.7. The Balaban J connectivity index is 1.20. The van der Waals surface area contributed by atoms with Gasteiger partial charge in [-0.3, -0.25) is 4.98 Å². The number of fused-ring (bicyclic) bond motifs is 7. The molecule has 5 aliphatic carbocycles. The van der Waals surface area contributed by atoms with Crippen molar-refractivity contribution in [3.05, 3.63) is 83.7 Å². The highest BCUT2D eigenvalue weighted by molar-refractivity contribution is 7.88. The number of pyridine rings is 1. The summed E-state index contributed by atoms with van der Waals surface area (Å²) in [5.41, 5.74) is 4.98. The van der Waals surface area contributed by atoms with Crippen molar-refractivity contribution >= 4 is 21.6 Å². The molecule has 7 heteroatoms. The number of carbonyl (C=O) groups excluding carboxylic acids is 1. The number of sulfonamides is 1. The summed E-state index contributed by atoms with van der Waals surface area (Å²) in [5.74, 6) is 1.77. The molecule has 2 aromatic rings. The second kappa shape index (κ2) is 12.1. The Morgan fingerprint density at radius 2 is 1.66 bits per heavy atom. The van der Waals surface area contributed by atoms with E-state index in [-0.39, 0.29) is 39.3 Å². The van der Waals surface area contributed by atoms with Crippen LogP contribution in [0, 0.1) is 51.2 Å². The lowest BCUT2D eigenvalue weighted by Crippen LogP contribution is -2.68. The summed E-state index contributed by atoms with van der Waals surface area (Å²) in [5, 5.41) is 0. The van der Waals surface area contributed by atoms with Crippen molar-refractivity contribution < 1.29 is 17.9 Å². The van der Waals surface area contributed by atoms with Gasteiger partial charge in [0, 0.05) is 11.7 Å². The van der Waals surface area contributed by atoms with Gasteiger partial charge in [0.1, 0.15) is 5.75 Å². The van der Waals surface area contributed by atoms with E-state index in [2.05, 4.69) is 76.0 Å². The van der Waals surface area contributed by atoms with Gasteiger partial charge in [0.05, 0.1) is 18.4 Å². The number of benzene rings is 1. The Morgan fingerprint density at radius 3 is 2.32 bits per heavy atom. The van der Waals surface area contributed by atoms with Gasteiger partial charge in [0.2, 0.25) is 10.0 Å². The van der Waals surface area contributed by atoms with Crippen molar-refractivity contribution in [1.29, 1.82) is 0 Å². The van der Waals surface area contributed by atoms with Crippen LogP contribution in [0.1, 0.15) is 121 Å². The molecule has 5 aliphatic rings. The van der Waals surface area contributed by atoms with Crippen LogP contribution >= 0.6 is 0 Å². The zero-order valence-corrected chi connectivity index (χ0v) is 32.2. The Hall–Kier alpha value is -2.77. The standard InChI is InChI=1S/C43H58N2O4S/c1-28(2)32-18-23-43(45-50(47,48)27-31-11-9-10-26-44-31)25-24-41(6)34(37(32)43)16-17-36-40(5)21-19-33(29-12-14-30(15-13-29)38(46)49-8)39(3,4)35(40)20-22-42(36,41)7/h9-15,19,26,32,34-37,45H,1,16-18,20-25,27H2,2-8H3/t32-,34+,35-,36+,37+,40-,41+,42+,43-/m0/s1. The van der Waals surface area contributed by atoms with Crippen molar-refractivity contribution in [2.75, 3.05) is 7.11 Å². The normalized spacial score (nSPS) is 38.9. The van der Waals surface area contributed by atoms with Gasteiger partial charge in [0.25, 0.3) is 0 Å². The zero-order chi connectivity index (χ0) is 35.9. The summed E-state index contributed by atoms with van der Waals surface area (Å²) >= 11 is 0. The second-order valence-electron chi connectivity index (χ2n) is 18.1. The fourth-order valence-electron chi connectivity index (χ4n) is 13.4. The third kappa shape index (κ3) is 5.30. The van der Waals surface area contributed by atoms with Gasteiger partial charge in [0.15, 0.2) is 0 Å². The highest BCUT2D eigenvalue weighted by atomic mass is 32.2. The molecule has 6 nitrogen and oxygen atoms in total. The molecule has 0 saturated heterocycles. The van der Waals surface area contributed by atoms with E-state index in [1.807, 2.05) is 30.3 Å². The molecule has 0 amide bonds. The van der Waals surface area contributed by atoms with Crippen molar-refractivity contribution in [2.45, 2.75) is 111 Å². The smallest absolute Gasteiger partial charge is 0.337 e. The molecule has 9 atom stereocenters. The molecule has 0 spiro atoms. The van der Waals surface area contributed by atoms with Crippen LogP contribution in [-0.2, 0) is 20.5 Å². The number of ether oxygens (including phenoxy) is 1. The van der Waals surface area contributed by atoms with Gasteiger partial charge < -0.3 is 4.74 Å². The fraction of sp³-hybridized carbons (Fsp3) is 0.628. The topological polar surface area (TPSA) is 85.4 Å². The van der Waals surface area contributed by atoms with Crippen LogP contribution in [-0.4, -0.2) is 32.0 Å². The van der Waals surface area contributed by atoms with Crippen molar-refractivity contribution in [3.8, 4) is 0 Å². The first-order valence-electron chi connectivity index (χ1n) is 19.0. The zero-order valence-electron chi connectivity index (χ0n) is 31.3. The van der Waals surface area contributed by atoms with E-state index in [0.717, 1.165) is 38.5 Å². The van der Waals surface area contributed by atoms with Crippen LogP contribution in [0.2, 0.25) is 0 Å². The molecule has 4 saturated carbocycles. The molecule has 1 aromatic heterocycles. The monoisotopic (exact) mass is 698 g/mol. The van der Waals surface area contributed by atoms with Crippen LogP contribution in [0.4, 0.5) is 0 Å². The molecule has 1 N–H and O–H groups in total. The number of rotatable bonds is 7. The van der Waals surface area contributed by atoms with Crippen LogP contribution < -0.4 is 4.72 Å². The maximum Gasteiger partial charge on any atom is 0.337 e. The van der Waals surface area contributed by atoms with E-state index in [4.69, 9.17) is 4.74 Å².